The third-order valence-electron chi connectivity index (χ3n) is 3.68. The molecule has 2 aromatic heterocycles. The van der Waals surface area contributed by atoms with Crippen LogP contribution in [0.2, 0.25) is 0 Å². The number of benzene rings is 1. The molecule has 0 aliphatic heterocycles. The van der Waals surface area contributed by atoms with Crippen molar-refractivity contribution in [1.29, 1.82) is 0 Å². The molecule has 26 heavy (non-hydrogen) atoms. The molecule has 0 spiro atoms. The molecule has 8 nitrogen and oxygen atoms in total. The minimum atomic E-state index is -0.272. The van der Waals surface area contributed by atoms with Crippen molar-refractivity contribution < 1.29 is 9.53 Å². The summed E-state index contributed by atoms with van der Waals surface area (Å²) >= 11 is 0. The maximum absolute atomic E-state index is 12.0. The van der Waals surface area contributed by atoms with Crippen LogP contribution in [0.1, 0.15) is 11.1 Å². The zero-order chi connectivity index (χ0) is 18.2. The molecule has 0 fully saturated rings. The summed E-state index contributed by atoms with van der Waals surface area (Å²) in [6.45, 7) is 3.11. The average molecular weight is 352 g/mol. The SMILES string of the molecule is Cc1ccccc1OCCNC(=O)NCc1cccnc1-n1cncn1. The van der Waals surface area contributed by atoms with Crippen molar-refractivity contribution in [3.8, 4) is 11.6 Å². The van der Waals surface area contributed by atoms with Gasteiger partial charge in [0.15, 0.2) is 5.82 Å². The Balaban J connectivity index is 1.44. The summed E-state index contributed by atoms with van der Waals surface area (Å²) < 4.78 is 7.21. The summed E-state index contributed by atoms with van der Waals surface area (Å²) in [6, 6.07) is 11.2. The molecule has 2 heterocycles. The smallest absolute Gasteiger partial charge is 0.315 e. The van der Waals surface area contributed by atoms with E-state index in [0.717, 1.165) is 16.9 Å². The molecule has 0 saturated heterocycles. The van der Waals surface area contributed by atoms with Crippen LogP contribution in [0.4, 0.5) is 4.79 Å². The summed E-state index contributed by atoms with van der Waals surface area (Å²) in [5.41, 5.74) is 1.90. The van der Waals surface area contributed by atoms with Crippen LogP contribution in [-0.4, -0.2) is 38.9 Å². The van der Waals surface area contributed by atoms with Gasteiger partial charge in [0.2, 0.25) is 0 Å². The number of ether oxygens (including phenoxy) is 1. The largest absolute Gasteiger partial charge is 0.491 e. The third kappa shape index (κ3) is 4.56. The third-order valence-corrected chi connectivity index (χ3v) is 3.68. The molecule has 8 heteroatoms. The summed E-state index contributed by atoms with van der Waals surface area (Å²) in [5, 5.41) is 9.64. The normalized spacial score (nSPS) is 10.3. The number of hydrogen-bond acceptors (Lipinski definition) is 5. The highest BCUT2D eigenvalue weighted by Gasteiger charge is 2.08. The number of para-hydroxylation sites is 1. The zero-order valence-electron chi connectivity index (χ0n) is 14.4. The first-order valence-corrected chi connectivity index (χ1v) is 8.23. The number of aromatic nitrogens is 4. The van der Waals surface area contributed by atoms with Crippen molar-refractivity contribution >= 4 is 6.03 Å². The predicted octanol–water partition coefficient (Wildman–Crippen LogP) is 1.85. The van der Waals surface area contributed by atoms with Crippen LogP contribution in [-0.2, 0) is 6.54 Å². The van der Waals surface area contributed by atoms with Gasteiger partial charge in [-0.1, -0.05) is 24.3 Å². The monoisotopic (exact) mass is 352 g/mol. The van der Waals surface area contributed by atoms with Gasteiger partial charge in [0.05, 0.1) is 6.54 Å². The minimum Gasteiger partial charge on any atom is -0.491 e. The van der Waals surface area contributed by atoms with Gasteiger partial charge in [-0.2, -0.15) is 5.10 Å². The van der Waals surface area contributed by atoms with Crippen LogP contribution < -0.4 is 15.4 Å². The summed E-state index contributed by atoms with van der Waals surface area (Å²) in [7, 11) is 0. The van der Waals surface area contributed by atoms with Gasteiger partial charge >= 0.3 is 6.03 Å². The highest BCUT2D eigenvalue weighted by atomic mass is 16.5. The van der Waals surface area contributed by atoms with Gasteiger partial charge in [-0.3, -0.25) is 0 Å². The van der Waals surface area contributed by atoms with Crippen molar-refractivity contribution in [2.45, 2.75) is 13.5 Å². The van der Waals surface area contributed by atoms with Crippen molar-refractivity contribution in [1.82, 2.24) is 30.4 Å². The van der Waals surface area contributed by atoms with Gasteiger partial charge in [0.1, 0.15) is 25.0 Å². The van der Waals surface area contributed by atoms with E-state index in [-0.39, 0.29) is 6.03 Å². The maximum Gasteiger partial charge on any atom is 0.315 e. The summed E-state index contributed by atoms with van der Waals surface area (Å²) in [4.78, 5) is 20.2. The van der Waals surface area contributed by atoms with Gasteiger partial charge in [-0.25, -0.2) is 19.4 Å². The first-order chi connectivity index (χ1) is 12.7. The van der Waals surface area contributed by atoms with Gasteiger partial charge in [0, 0.05) is 18.3 Å². The number of aryl methyl sites for hydroxylation is 1. The quantitative estimate of drug-likeness (QED) is 0.633. The number of pyridine rings is 1. The Kier molecular flexibility index (Phi) is 5.76. The van der Waals surface area contributed by atoms with E-state index in [0.29, 0.717) is 25.5 Å². The van der Waals surface area contributed by atoms with E-state index < -0.39 is 0 Å². The Morgan fingerprint density at radius 3 is 2.88 bits per heavy atom. The van der Waals surface area contributed by atoms with E-state index in [1.165, 1.54) is 6.33 Å². The Morgan fingerprint density at radius 1 is 1.19 bits per heavy atom. The fourth-order valence-corrected chi connectivity index (χ4v) is 2.37. The van der Waals surface area contributed by atoms with Crippen molar-refractivity contribution in [2.24, 2.45) is 0 Å². The molecule has 2 N–H and O–H groups in total. The number of urea groups is 1. The first kappa shape index (κ1) is 17.4. The second kappa shape index (κ2) is 8.61. The van der Waals surface area contributed by atoms with Gasteiger partial charge in [0.25, 0.3) is 0 Å². The second-order valence-corrected chi connectivity index (χ2v) is 5.55. The van der Waals surface area contributed by atoms with Gasteiger partial charge in [-0.15, -0.1) is 0 Å². The Morgan fingerprint density at radius 2 is 2.08 bits per heavy atom. The zero-order valence-corrected chi connectivity index (χ0v) is 14.4. The molecule has 3 rings (SSSR count). The molecule has 3 aromatic rings. The molecule has 0 atom stereocenters. The van der Waals surface area contributed by atoms with E-state index in [1.807, 2.05) is 43.3 Å². The lowest BCUT2D eigenvalue weighted by Gasteiger charge is -2.11. The number of carbonyl (C=O) groups is 1. The van der Waals surface area contributed by atoms with Gasteiger partial charge in [-0.05, 0) is 24.6 Å². The number of carbonyl (C=O) groups excluding carboxylic acids is 1. The molecule has 0 saturated carbocycles. The van der Waals surface area contributed by atoms with Crippen LogP contribution in [0.15, 0.2) is 55.2 Å². The van der Waals surface area contributed by atoms with E-state index >= 15 is 0 Å². The molecule has 0 unspecified atom stereocenters. The van der Waals surface area contributed by atoms with Gasteiger partial charge < -0.3 is 15.4 Å². The predicted molar refractivity (Wildman–Crippen MR) is 96.1 cm³/mol. The van der Waals surface area contributed by atoms with E-state index in [1.54, 1.807) is 17.2 Å². The van der Waals surface area contributed by atoms with Crippen LogP contribution in [0.5, 0.6) is 5.75 Å². The second-order valence-electron chi connectivity index (χ2n) is 5.55. The number of rotatable bonds is 7. The van der Waals surface area contributed by atoms with Crippen molar-refractivity contribution in [3.63, 3.8) is 0 Å². The highest BCUT2D eigenvalue weighted by molar-refractivity contribution is 5.73. The molecular weight excluding hydrogens is 332 g/mol. The lowest BCUT2D eigenvalue weighted by atomic mass is 10.2. The molecule has 0 bridgehead atoms. The Labute approximate surface area is 151 Å². The van der Waals surface area contributed by atoms with Crippen molar-refractivity contribution in [2.75, 3.05) is 13.2 Å². The van der Waals surface area contributed by atoms with Crippen LogP contribution in [0.3, 0.4) is 0 Å². The number of nitrogens with zero attached hydrogens (tertiary/aromatic N) is 4. The highest BCUT2D eigenvalue weighted by Crippen LogP contribution is 2.15. The van der Waals surface area contributed by atoms with Crippen LogP contribution in [0, 0.1) is 6.92 Å². The standard InChI is InChI=1S/C18H20N6O2/c1-14-5-2-3-7-16(14)26-10-9-21-18(25)22-11-15-6-4-8-20-17(15)24-13-19-12-23-24/h2-8,12-13H,9-11H2,1H3,(H2,21,22,25). The molecular formula is C18H20N6O2. The average Bonchev–Trinajstić information content (AvgIpc) is 3.20. The van der Waals surface area contributed by atoms with Crippen LogP contribution in [0.25, 0.3) is 5.82 Å². The van der Waals surface area contributed by atoms with E-state index in [2.05, 4.69) is 25.7 Å². The molecule has 2 amide bonds. The summed E-state index contributed by atoms with van der Waals surface area (Å²) in [6.07, 6.45) is 4.67. The molecule has 1 aromatic carbocycles. The lowest BCUT2D eigenvalue weighted by molar-refractivity contribution is 0.236. The van der Waals surface area contributed by atoms with Crippen molar-refractivity contribution in [3.05, 3.63) is 66.4 Å². The minimum absolute atomic E-state index is 0.272. The fourth-order valence-electron chi connectivity index (χ4n) is 2.37. The summed E-state index contributed by atoms with van der Waals surface area (Å²) in [5.74, 6) is 1.45. The molecule has 0 aliphatic carbocycles. The maximum atomic E-state index is 12.0. The number of hydrogen-bond donors (Lipinski definition) is 2. The topological polar surface area (TPSA) is 94.0 Å². The van der Waals surface area contributed by atoms with Crippen LogP contribution >= 0.6 is 0 Å². The number of amides is 2. The lowest BCUT2D eigenvalue weighted by Crippen LogP contribution is -2.37. The fraction of sp³-hybridized carbons (Fsp3) is 0.222. The van der Waals surface area contributed by atoms with E-state index in [9.17, 15) is 4.79 Å². The Hall–Kier alpha value is -3.42. The molecule has 0 radical (unpaired) electrons. The molecule has 0 aliphatic rings. The molecule has 134 valence electrons. The first-order valence-electron chi connectivity index (χ1n) is 8.23. The number of nitrogens with one attached hydrogen (secondary N) is 2. The van der Waals surface area contributed by atoms with E-state index in [4.69, 9.17) is 4.74 Å². The Bertz CT molecular complexity index is 850.